The van der Waals surface area contributed by atoms with Crippen molar-refractivity contribution in [2.75, 3.05) is 12.4 Å². The van der Waals surface area contributed by atoms with Gasteiger partial charge in [0, 0.05) is 11.8 Å². The van der Waals surface area contributed by atoms with Crippen molar-refractivity contribution in [3.63, 3.8) is 0 Å². The maximum absolute atomic E-state index is 5.24. The number of thiazole rings is 1. The number of anilines is 2. The van der Waals surface area contributed by atoms with E-state index in [-0.39, 0.29) is 0 Å². The summed E-state index contributed by atoms with van der Waals surface area (Å²) in [6.45, 7) is 4.39. The molecule has 3 nitrogen and oxygen atoms in total. The summed E-state index contributed by atoms with van der Waals surface area (Å²) < 4.78 is 6.39. The molecular formula is C17H18N2OS. The molecule has 0 aliphatic heterocycles. The monoisotopic (exact) mass is 298 g/mol. The Morgan fingerprint density at radius 2 is 2.00 bits per heavy atom. The smallest absolute Gasteiger partial charge is 0.188 e. The Morgan fingerprint density at radius 1 is 1.14 bits per heavy atom. The quantitative estimate of drug-likeness (QED) is 0.721. The predicted octanol–water partition coefficient (Wildman–Crippen LogP) is 5.17. The molecule has 1 heterocycles. The van der Waals surface area contributed by atoms with E-state index in [4.69, 9.17) is 4.74 Å². The van der Waals surface area contributed by atoms with Gasteiger partial charge in [-0.25, -0.2) is 4.98 Å². The Morgan fingerprint density at radius 3 is 2.76 bits per heavy atom. The number of nitrogens with zero attached hydrogens (tertiary/aromatic N) is 1. The fraction of sp³-hybridized carbons (Fsp3) is 0.235. The molecular weight excluding hydrogens is 280 g/mol. The van der Waals surface area contributed by atoms with Crippen LogP contribution >= 0.6 is 11.3 Å². The SMILES string of the molecule is COc1ccc2sc(Nc3cccc(C(C)C)c3)nc2c1. The second-order valence-electron chi connectivity index (χ2n) is 5.26. The zero-order valence-electron chi connectivity index (χ0n) is 12.4. The predicted molar refractivity (Wildman–Crippen MR) is 90.0 cm³/mol. The molecule has 1 aromatic heterocycles. The van der Waals surface area contributed by atoms with Crippen LogP contribution in [-0.2, 0) is 0 Å². The van der Waals surface area contributed by atoms with E-state index in [9.17, 15) is 0 Å². The van der Waals surface area contributed by atoms with Crippen molar-refractivity contribution in [2.45, 2.75) is 19.8 Å². The van der Waals surface area contributed by atoms with Crippen molar-refractivity contribution < 1.29 is 4.74 Å². The largest absolute Gasteiger partial charge is 0.497 e. The molecule has 0 aliphatic rings. The number of ether oxygens (including phenoxy) is 1. The second kappa shape index (κ2) is 5.74. The number of rotatable bonds is 4. The van der Waals surface area contributed by atoms with Crippen molar-refractivity contribution >= 4 is 32.4 Å². The molecule has 0 fully saturated rings. The second-order valence-corrected chi connectivity index (χ2v) is 6.29. The van der Waals surface area contributed by atoms with Crippen molar-refractivity contribution in [2.24, 2.45) is 0 Å². The van der Waals surface area contributed by atoms with Crippen molar-refractivity contribution in [1.82, 2.24) is 4.98 Å². The standard InChI is InChI=1S/C17H18N2OS/c1-11(2)12-5-4-6-13(9-12)18-17-19-15-10-14(20-3)7-8-16(15)21-17/h4-11H,1-3H3,(H,18,19). The number of fused-ring (bicyclic) bond motifs is 1. The van der Waals surface area contributed by atoms with Gasteiger partial charge in [0.15, 0.2) is 5.13 Å². The van der Waals surface area contributed by atoms with E-state index < -0.39 is 0 Å². The van der Waals surface area contributed by atoms with Crippen LogP contribution in [0.5, 0.6) is 5.75 Å². The lowest BCUT2D eigenvalue weighted by atomic mass is 10.0. The van der Waals surface area contributed by atoms with Crippen molar-refractivity contribution in [3.05, 3.63) is 48.0 Å². The summed E-state index contributed by atoms with van der Waals surface area (Å²) in [5.74, 6) is 1.35. The molecule has 0 radical (unpaired) electrons. The summed E-state index contributed by atoms with van der Waals surface area (Å²) in [6, 6.07) is 14.4. The Bertz CT molecular complexity index is 764. The van der Waals surface area contributed by atoms with Crippen molar-refractivity contribution in [1.29, 1.82) is 0 Å². The van der Waals surface area contributed by atoms with E-state index in [1.807, 2.05) is 18.2 Å². The Balaban J connectivity index is 1.89. The average molecular weight is 298 g/mol. The van der Waals surface area contributed by atoms with E-state index in [2.05, 4.69) is 48.4 Å². The van der Waals surface area contributed by atoms with Crippen LogP contribution in [0.1, 0.15) is 25.3 Å². The van der Waals surface area contributed by atoms with Crippen LogP contribution in [0.15, 0.2) is 42.5 Å². The Labute approximate surface area is 128 Å². The van der Waals surface area contributed by atoms with Crippen LogP contribution in [0.25, 0.3) is 10.2 Å². The third-order valence-electron chi connectivity index (χ3n) is 3.40. The summed E-state index contributed by atoms with van der Waals surface area (Å²) in [5.41, 5.74) is 3.36. The minimum atomic E-state index is 0.520. The Hall–Kier alpha value is -2.07. The van der Waals surface area contributed by atoms with Gasteiger partial charge in [-0.1, -0.05) is 37.3 Å². The first kappa shape index (κ1) is 13.9. The maximum atomic E-state index is 5.24. The highest BCUT2D eigenvalue weighted by Crippen LogP contribution is 2.31. The van der Waals surface area contributed by atoms with Crippen LogP contribution in [0.4, 0.5) is 10.8 Å². The van der Waals surface area contributed by atoms with Gasteiger partial charge in [0.05, 0.1) is 17.3 Å². The normalized spacial score (nSPS) is 11.0. The fourth-order valence-electron chi connectivity index (χ4n) is 2.19. The van der Waals surface area contributed by atoms with Crippen LogP contribution in [0, 0.1) is 0 Å². The molecule has 4 heteroatoms. The third-order valence-corrected chi connectivity index (χ3v) is 4.35. The number of methoxy groups -OCH3 is 1. The lowest BCUT2D eigenvalue weighted by Gasteiger charge is -2.08. The Kier molecular flexibility index (Phi) is 3.80. The molecule has 0 bridgehead atoms. The highest BCUT2D eigenvalue weighted by molar-refractivity contribution is 7.22. The van der Waals surface area contributed by atoms with E-state index >= 15 is 0 Å². The molecule has 108 valence electrons. The fourth-order valence-corrected chi connectivity index (χ4v) is 3.05. The first-order valence-electron chi connectivity index (χ1n) is 6.97. The molecule has 2 aromatic carbocycles. The molecule has 0 saturated carbocycles. The molecule has 1 N–H and O–H groups in total. The molecule has 3 aromatic rings. The van der Waals surface area contributed by atoms with Gasteiger partial charge in [0.1, 0.15) is 5.75 Å². The number of nitrogens with one attached hydrogen (secondary N) is 1. The highest BCUT2D eigenvalue weighted by Gasteiger charge is 2.06. The van der Waals surface area contributed by atoms with Crippen LogP contribution in [0.2, 0.25) is 0 Å². The number of aromatic nitrogens is 1. The topological polar surface area (TPSA) is 34.1 Å². The summed E-state index contributed by atoms with van der Waals surface area (Å²) in [6.07, 6.45) is 0. The molecule has 0 unspecified atom stereocenters. The number of benzene rings is 2. The van der Waals surface area contributed by atoms with Gasteiger partial charge in [0.2, 0.25) is 0 Å². The van der Waals surface area contributed by atoms with Crippen LogP contribution in [-0.4, -0.2) is 12.1 Å². The van der Waals surface area contributed by atoms with E-state index in [0.29, 0.717) is 5.92 Å². The van der Waals surface area contributed by atoms with Gasteiger partial charge >= 0.3 is 0 Å². The summed E-state index contributed by atoms with van der Waals surface area (Å²) in [7, 11) is 1.67. The van der Waals surface area contributed by atoms with Crippen LogP contribution < -0.4 is 10.1 Å². The molecule has 0 amide bonds. The van der Waals surface area contributed by atoms with Gasteiger partial charge in [0.25, 0.3) is 0 Å². The van der Waals surface area contributed by atoms with E-state index in [1.54, 1.807) is 18.4 Å². The van der Waals surface area contributed by atoms with E-state index in [0.717, 1.165) is 26.8 Å². The van der Waals surface area contributed by atoms with Gasteiger partial charge in [-0.3, -0.25) is 0 Å². The molecule has 0 spiro atoms. The van der Waals surface area contributed by atoms with Gasteiger partial charge < -0.3 is 10.1 Å². The third kappa shape index (κ3) is 3.00. The molecule has 0 saturated heterocycles. The lowest BCUT2D eigenvalue weighted by molar-refractivity contribution is 0.415. The van der Waals surface area contributed by atoms with Gasteiger partial charge in [-0.15, -0.1) is 0 Å². The average Bonchev–Trinajstić information content (AvgIpc) is 2.88. The van der Waals surface area contributed by atoms with E-state index in [1.165, 1.54) is 5.56 Å². The van der Waals surface area contributed by atoms with Crippen LogP contribution in [0.3, 0.4) is 0 Å². The number of hydrogen-bond acceptors (Lipinski definition) is 4. The first-order valence-corrected chi connectivity index (χ1v) is 7.79. The highest BCUT2D eigenvalue weighted by atomic mass is 32.1. The minimum absolute atomic E-state index is 0.520. The summed E-state index contributed by atoms with van der Waals surface area (Å²) >= 11 is 1.65. The lowest BCUT2D eigenvalue weighted by Crippen LogP contribution is -1.92. The summed E-state index contributed by atoms with van der Waals surface area (Å²) in [5, 5.41) is 4.29. The minimum Gasteiger partial charge on any atom is -0.497 e. The zero-order valence-corrected chi connectivity index (χ0v) is 13.2. The summed E-state index contributed by atoms with van der Waals surface area (Å²) in [4.78, 5) is 4.62. The van der Waals surface area contributed by atoms with Gasteiger partial charge in [-0.2, -0.15) is 0 Å². The first-order chi connectivity index (χ1) is 10.2. The zero-order chi connectivity index (χ0) is 14.8. The van der Waals surface area contributed by atoms with Gasteiger partial charge in [-0.05, 0) is 35.7 Å². The molecule has 0 atom stereocenters. The maximum Gasteiger partial charge on any atom is 0.188 e. The molecule has 21 heavy (non-hydrogen) atoms. The molecule has 0 aliphatic carbocycles. The van der Waals surface area contributed by atoms with Crippen molar-refractivity contribution in [3.8, 4) is 5.75 Å². The number of hydrogen-bond donors (Lipinski definition) is 1. The molecule has 3 rings (SSSR count).